The quantitative estimate of drug-likeness (QED) is 0.614. The van der Waals surface area contributed by atoms with Crippen molar-refractivity contribution in [2.45, 2.75) is 45.1 Å². The standard InChI is InChI=1S/C21H27N3O4S/c1-5-12-22-20(25)16(4)23-21(26)17-8-10-18(11-9-17)24-29(27,28)19-13-14(2)6-7-15(19)3/h6-11,13,16,24H,5,12H2,1-4H3,(H,22,25)(H,23,26)/t16-/m1/s1. The Kier molecular flexibility index (Phi) is 7.39. The lowest BCUT2D eigenvalue weighted by molar-refractivity contribution is -0.122. The molecule has 0 fully saturated rings. The lowest BCUT2D eigenvalue weighted by Crippen LogP contribution is -2.44. The molecule has 29 heavy (non-hydrogen) atoms. The highest BCUT2D eigenvalue weighted by atomic mass is 32.2. The Morgan fingerprint density at radius 1 is 1.03 bits per heavy atom. The Hall–Kier alpha value is -2.87. The van der Waals surface area contributed by atoms with Gasteiger partial charge in [0.2, 0.25) is 5.91 Å². The summed E-state index contributed by atoms with van der Waals surface area (Å²) in [4.78, 5) is 24.4. The van der Waals surface area contributed by atoms with Crippen LogP contribution in [-0.2, 0) is 14.8 Å². The van der Waals surface area contributed by atoms with Gasteiger partial charge in [-0.05, 0) is 68.7 Å². The van der Waals surface area contributed by atoms with Gasteiger partial charge < -0.3 is 10.6 Å². The second kappa shape index (κ2) is 9.56. The maximum Gasteiger partial charge on any atom is 0.262 e. The molecule has 0 saturated carbocycles. The third-order valence-electron chi connectivity index (χ3n) is 4.32. The molecular weight excluding hydrogens is 390 g/mol. The van der Waals surface area contributed by atoms with Gasteiger partial charge in [0.05, 0.1) is 4.90 Å². The molecular formula is C21H27N3O4S. The molecule has 156 valence electrons. The number of aryl methyl sites for hydroxylation is 2. The van der Waals surface area contributed by atoms with E-state index in [2.05, 4.69) is 15.4 Å². The van der Waals surface area contributed by atoms with Gasteiger partial charge in [0, 0.05) is 17.8 Å². The van der Waals surface area contributed by atoms with Crippen molar-refractivity contribution in [3.63, 3.8) is 0 Å². The van der Waals surface area contributed by atoms with Crippen LogP contribution in [0.25, 0.3) is 0 Å². The van der Waals surface area contributed by atoms with E-state index in [-0.39, 0.29) is 10.8 Å². The molecule has 2 rings (SSSR count). The van der Waals surface area contributed by atoms with Crippen LogP contribution in [-0.4, -0.2) is 32.8 Å². The Morgan fingerprint density at radius 2 is 1.69 bits per heavy atom. The topological polar surface area (TPSA) is 104 Å². The predicted octanol–water partition coefficient (Wildman–Crippen LogP) is 2.75. The van der Waals surface area contributed by atoms with Crippen molar-refractivity contribution in [1.82, 2.24) is 10.6 Å². The number of nitrogens with one attached hydrogen (secondary N) is 3. The summed E-state index contributed by atoms with van der Waals surface area (Å²) in [5, 5.41) is 5.34. The molecule has 0 aliphatic heterocycles. The highest BCUT2D eigenvalue weighted by Crippen LogP contribution is 2.21. The van der Waals surface area contributed by atoms with Crippen molar-refractivity contribution >= 4 is 27.5 Å². The summed E-state index contributed by atoms with van der Waals surface area (Å²) in [5.41, 5.74) is 2.17. The molecule has 8 heteroatoms. The number of hydrogen-bond donors (Lipinski definition) is 3. The van der Waals surface area contributed by atoms with Gasteiger partial charge in [-0.15, -0.1) is 0 Å². The summed E-state index contributed by atoms with van der Waals surface area (Å²) in [6, 6.07) is 10.6. The van der Waals surface area contributed by atoms with Crippen LogP contribution in [0.15, 0.2) is 47.4 Å². The molecule has 1 atom stereocenters. The van der Waals surface area contributed by atoms with Crippen LogP contribution in [0.2, 0.25) is 0 Å². The van der Waals surface area contributed by atoms with Gasteiger partial charge in [0.1, 0.15) is 6.04 Å². The molecule has 0 spiro atoms. The van der Waals surface area contributed by atoms with Crippen LogP contribution >= 0.6 is 0 Å². The zero-order valence-corrected chi connectivity index (χ0v) is 17.9. The number of hydrogen-bond acceptors (Lipinski definition) is 4. The second-order valence-corrected chi connectivity index (χ2v) is 8.59. The monoisotopic (exact) mass is 417 g/mol. The van der Waals surface area contributed by atoms with E-state index in [1.165, 1.54) is 24.3 Å². The zero-order chi connectivity index (χ0) is 21.6. The second-order valence-electron chi connectivity index (χ2n) is 6.94. The third-order valence-corrected chi connectivity index (χ3v) is 5.85. The van der Waals surface area contributed by atoms with Gasteiger partial charge in [-0.1, -0.05) is 19.1 Å². The molecule has 0 heterocycles. The first-order valence-corrected chi connectivity index (χ1v) is 10.9. The van der Waals surface area contributed by atoms with Crippen molar-refractivity contribution in [1.29, 1.82) is 0 Å². The number of carbonyl (C=O) groups is 2. The first-order valence-electron chi connectivity index (χ1n) is 9.42. The average Bonchev–Trinajstić information content (AvgIpc) is 2.67. The summed E-state index contributed by atoms with van der Waals surface area (Å²) in [7, 11) is -3.74. The molecule has 0 unspecified atom stereocenters. The summed E-state index contributed by atoms with van der Waals surface area (Å²) >= 11 is 0. The lowest BCUT2D eigenvalue weighted by atomic mass is 10.2. The van der Waals surface area contributed by atoms with E-state index in [1.54, 1.807) is 26.0 Å². The summed E-state index contributed by atoms with van der Waals surface area (Å²) < 4.78 is 27.9. The number of carbonyl (C=O) groups excluding carboxylic acids is 2. The van der Waals surface area contributed by atoms with Crippen LogP contribution < -0.4 is 15.4 Å². The minimum absolute atomic E-state index is 0.214. The molecule has 2 aromatic carbocycles. The Morgan fingerprint density at radius 3 is 2.31 bits per heavy atom. The van der Waals surface area contributed by atoms with E-state index in [9.17, 15) is 18.0 Å². The number of benzene rings is 2. The van der Waals surface area contributed by atoms with Crippen molar-refractivity contribution in [2.75, 3.05) is 11.3 Å². The van der Waals surface area contributed by atoms with E-state index < -0.39 is 22.0 Å². The fourth-order valence-electron chi connectivity index (χ4n) is 2.64. The first kappa shape index (κ1) is 22.4. The minimum Gasteiger partial charge on any atom is -0.354 e. The van der Waals surface area contributed by atoms with Crippen molar-refractivity contribution in [3.05, 3.63) is 59.2 Å². The van der Waals surface area contributed by atoms with Gasteiger partial charge in [-0.3, -0.25) is 14.3 Å². The summed E-state index contributed by atoms with van der Waals surface area (Å²) in [5.74, 6) is -0.661. The van der Waals surface area contributed by atoms with E-state index in [0.717, 1.165) is 12.0 Å². The van der Waals surface area contributed by atoms with Crippen LogP contribution in [0.3, 0.4) is 0 Å². The Labute approximate surface area is 172 Å². The molecule has 2 amide bonds. The van der Waals surface area contributed by atoms with Crippen molar-refractivity contribution in [3.8, 4) is 0 Å². The van der Waals surface area contributed by atoms with E-state index >= 15 is 0 Å². The molecule has 2 aromatic rings. The van der Waals surface area contributed by atoms with Gasteiger partial charge in [-0.25, -0.2) is 8.42 Å². The first-order chi connectivity index (χ1) is 13.6. The predicted molar refractivity (Wildman–Crippen MR) is 113 cm³/mol. The number of rotatable bonds is 8. The molecule has 7 nitrogen and oxygen atoms in total. The van der Waals surface area contributed by atoms with Crippen LogP contribution in [0.1, 0.15) is 41.8 Å². The maximum atomic E-state index is 12.7. The Balaban J connectivity index is 2.07. The van der Waals surface area contributed by atoms with Gasteiger partial charge in [0.15, 0.2) is 0 Å². The van der Waals surface area contributed by atoms with Crippen LogP contribution in [0.4, 0.5) is 5.69 Å². The molecule has 0 saturated heterocycles. The van der Waals surface area contributed by atoms with Crippen molar-refractivity contribution in [2.24, 2.45) is 0 Å². The number of anilines is 1. The fraction of sp³-hybridized carbons (Fsp3) is 0.333. The summed E-state index contributed by atoms with van der Waals surface area (Å²) in [6.45, 7) is 7.66. The van der Waals surface area contributed by atoms with E-state index in [4.69, 9.17) is 0 Å². The largest absolute Gasteiger partial charge is 0.354 e. The highest BCUT2D eigenvalue weighted by Gasteiger charge is 2.18. The molecule has 0 aromatic heterocycles. The maximum absolute atomic E-state index is 12.7. The number of amides is 2. The molecule has 3 N–H and O–H groups in total. The SMILES string of the molecule is CCCNC(=O)[C@@H](C)NC(=O)c1ccc(NS(=O)(=O)c2cc(C)ccc2C)cc1. The van der Waals surface area contributed by atoms with Gasteiger partial charge in [-0.2, -0.15) is 0 Å². The Bertz CT molecular complexity index is 985. The smallest absolute Gasteiger partial charge is 0.262 e. The van der Waals surface area contributed by atoms with Crippen molar-refractivity contribution < 1.29 is 18.0 Å². The molecule has 0 aliphatic rings. The molecule has 0 radical (unpaired) electrons. The molecule has 0 aliphatic carbocycles. The fourth-order valence-corrected chi connectivity index (χ4v) is 4.03. The normalized spacial score (nSPS) is 12.1. The third kappa shape index (κ3) is 6.05. The van der Waals surface area contributed by atoms with Crippen LogP contribution in [0, 0.1) is 13.8 Å². The van der Waals surface area contributed by atoms with Crippen LogP contribution in [0.5, 0.6) is 0 Å². The number of sulfonamides is 1. The van der Waals surface area contributed by atoms with E-state index in [0.29, 0.717) is 23.4 Å². The zero-order valence-electron chi connectivity index (χ0n) is 17.1. The minimum atomic E-state index is -3.74. The lowest BCUT2D eigenvalue weighted by Gasteiger charge is -2.14. The van der Waals surface area contributed by atoms with Gasteiger partial charge >= 0.3 is 0 Å². The summed E-state index contributed by atoms with van der Waals surface area (Å²) in [6.07, 6.45) is 0.811. The van der Waals surface area contributed by atoms with Gasteiger partial charge in [0.25, 0.3) is 15.9 Å². The van der Waals surface area contributed by atoms with E-state index in [1.807, 2.05) is 19.9 Å². The highest BCUT2D eigenvalue weighted by molar-refractivity contribution is 7.92. The molecule has 0 bridgehead atoms. The average molecular weight is 418 g/mol.